The Kier molecular flexibility index (Phi) is 3.71. The van der Waals surface area contributed by atoms with Gasteiger partial charge in [-0.3, -0.25) is 9.69 Å². The molecule has 1 aliphatic carbocycles. The first-order valence-corrected chi connectivity index (χ1v) is 8.57. The van der Waals surface area contributed by atoms with E-state index in [1.54, 1.807) is 12.1 Å². The van der Waals surface area contributed by atoms with Gasteiger partial charge in [-0.2, -0.15) is 4.39 Å². The number of nitrogens with zero attached hydrogens (tertiary/aromatic N) is 3. The van der Waals surface area contributed by atoms with Crippen molar-refractivity contribution in [3.05, 3.63) is 23.8 Å². The Morgan fingerprint density at radius 3 is 2.54 bits per heavy atom. The lowest BCUT2D eigenvalue weighted by Crippen LogP contribution is -2.46. The molecular weight excluding hydrogens is 314 g/mol. The summed E-state index contributed by atoms with van der Waals surface area (Å²) < 4.78 is 28.3. The molecule has 2 bridgehead atoms. The first-order valence-electron chi connectivity index (χ1n) is 8.57. The zero-order valence-electron chi connectivity index (χ0n) is 13.8. The van der Waals surface area contributed by atoms with Gasteiger partial charge in [-0.05, 0) is 37.8 Å². The van der Waals surface area contributed by atoms with E-state index in [-0.39, 0.29) is 5.69 Å². The van der Waals surface area contributed by atoms with Crippen molar-refractivity contribution >= 4 is 11.6 Å². The van der Waals surface area contributed by atoms with Crippen LogP contribution in [-0.2, 0) is 0 Å². The molecule has 3 aliphatic heterocycles. The van der Waals surface area contributed by atoms with Crippen LogP contribution in [0, 0.1) is 5.95 Å². The molecular formula is C17H22F2N4O. The van der Waals surface area contributed by atoms with E-state index in [2.05, 4.69) is 15.2 Å². The molecule has 130 valence electrons. The van der Waals surface area contributed by atoms with Crippen molar-refractivity contribution in [2.45, 2.75) is 43.4 Å². The molecule has 5 nitrogen and oxygen atoms in total. The quantitative estimate of drug-likeness (QED) is 0.854. The van der Waals surface area contributed by atoms with E-state index in [9.17, 15) is 13.6 Å². The fraction of sp³-hybridized carbons (Fsp3) is 0.647. The lowest BCUT2D eigenvalue weighted by atomic mass is 9.83. The molecule has 4 aliphatic rings. The normalized spacial score (nSPS) is 30.3. The summed E-state index contributed by atoms with van der Waals surface area (Å²) in [5, 5.41) is 2.44. The zero-order valence-corrected chi connectivity index (χ0v) is 13.8. The lowest BCUT2D eigenvalue weighted by Gasteiger charge is -2.39. The Hall–Kier alpha value is -1.76. The second-order valence-electron chi connectivity index (χ2n) is 7.19. The number of amides is 1. The molecule has 1 saturated carbocycles. The fourth-order valence-electron chi connectivity index (χ4n) is 4.39. The van der Waals surface area contributed by atoms with Gasteiger partial charge in [-0.15, -0.1) is 0 Å². The maximum atomic E-state index is 14.3. The number of carbonyl (C=O) groups is 1. The topological polar surface area (TPSA) is 48.5 Å². The van der Waals surface area contributed by atoms with Crippen molar-refractivity contribution in [1.82, 2.24) is 15.2 Å². The molecule has 4 heterocycles. The highest BCUT2D eigenvalue weighted by Gasteiger charge is 2.57. The fourth-order valence-corrected chi connectivity index (χ4v) is 4.39. The van der Waals surface area contributed by atoms with Crippen LogP contribution in [0.1, 0.15) is 36.2 Å². The van der Waals surface area contributed by atoms with Crippen LogP contribution in [0.4, 0.5) is 14.5 Å². The molecule has 5 rings (SSSR count). The van der Waals surface area contributed by atoms with Gasteiger partial charge in [0.2, 0.25) is 5.95 Å². The van der Waals surface area contributed by atoms with Gasteiger partial charge < -0.3 is 10.2 Å². The van der Waals surface area contributed by atoms with Crippen LogP contribution < -0.4 is 10.2 Å². The van der Waals surface area contributed by atoms with Crippen LogP contribution in [0.2, 0.25) is 0 Å². The maximum absolute atomic E-state index is 14.3. The summed E-state index contributed by atoms with van der Waals surface area (Å²) in [4.78, 5) is 19.6. The van der Waals surface area contributed by atoms with Gasteiger partial charge in [0, 0.05) is 38.8 Å². The number of alkyl halides is 1. The van der Waals surface area contributed by atoms with E-state index >= 15 is 0 Å². The lowest BCUT2D eigenvalue weighted by molar-refractivity contribution is 0.0956. The summed E-state index contributed by atoms with van der Waals surface area (Å²) in [6, 6.07) is 3.98. The van der Waals surface area contributed by atoms with Crippen molar-refractivity contribution in [2.24, 2.45) is 0 Å². The van der Waals surface area contributed by atoms with Crippen LogP contribution in [0.5, 0.6) is 0 Å². The number of halogens is 2. The minimum Gasteiger partial charge on any atom is -0.368 e. The van der Waals surface area contributed by atoms with Crippen LogP contribution >= 0.6 is 0 Å². The molecule has 1 aromatic heterocycles. The Morgan fingerprint density at radius 1 is 1.29 bits per heavy atom. The molecule has 3 saturated heterocycles. The molecule has 0 radical (unpaired) electrons. The van der Waals surface area contributed by atoms with Gasteiger partial charge in [0.15, 0.2) is 0 Å². The summed E-state index contributed by atoms with van der Waals surface area (Å²) in [6.07, 6.45) is 3.19. The number of rotatable bonds is 3. The highest BCUT2D eigenvalue weighted by molar-refractivity contribution is 5.92. The van der Waals surface area contributed by atoms with Gasteiger partial charge in [0.05, 0.1) is 5.69 Å². The smallest absolute Gasteiger partial charge is 0.269 e. The summed E-state index contributed by atoms with van der Waals surface area (Å²) in [7, 11) is 1.49. The molecule has 1 N–H and O–H groups in total. The minimum absolute atomic E-state index is 0.0821. The third-order valence-electron chi connectivity index (χ3n) is 5.70. The molecule has 0 aromatic carbocycles. The first kappa shape index (κ1) is 15.7. The highest BCUT2D eigenvalue weighted by Crippen LogP contribution is 2.49. The summed E-state index contributed by atoms with van der Waals surface area (Å²) in [6.45, 7) is 2.02. The van der Waals surface area contributed by atoms with Gasteiger partial charge in [-0.25, -0.2) is 9.37 Å². The second kappa shape index (κ2) is 5.65. The predicted octanol–water partition coefficient (Wildman–Crippen LogP) is 1.74. The van der Waals surface area contributed by atoms with Crippen molar-refractivity contribution in [2.75, 3.05) is 31.6 Å². The molecule has 24 heavy (non-hydrogen) atoms. The van der Waals surface area contributed by atoms with Crippen molar-refractivity contribution in [3.8, 4) is 0 Å². The average Bonchev–Trinajstić information content (AvgIpc) is 3.07. The van der Waals surface area contributed by atoms with Gasteiger partial charge in [0.25, 0.3) is 5.91 Å². The minimum atomic E-state index is -0.937. The molecule has 0 atom stereocenters. The molecule has 7 heteroatoms. The average molecular weight is 336 g/mol. The van der Waals surface area contributed by atoms with Crippen molar-refractivity contribution in [1.29, 1.82) is 0 Å². The predicted molar refractivity (Wildman–Crippen MR) is 86.4 cm³/mol. The number of anilines is 1. The van der Waals surface area contributed by atoms with E-state index in [0.29, 0.717) is 37.2 Å². The van der Waals surface area contributed by atoms with Crippen molar-refractivity contribution < 1.29 is 13.6 Å². The summed E-state index contributed by atoms with van der Waals surface area (Å²) in [5.74, 6) is -1.01. The number of hydrogen-bond acceptors (Lipinski definition) is 4. The summed E-state index contributed by atoms with van der Waals surface area (Å²) in [5.41, 5.74) is -0.416. The van der Waals surface area contributed by atoms with Gasteiger partial charge >= 0.3 is 0 Å². The number of carbonyl (C=O) groups excluding carboxylic acids is 1. The van der Waals surface area contributed by atoms with Crippen molar-refractivity contribution in [3.63, 3.8) is 0 Å². The molecule has 0 spiro atoms. The number of hydrogen-bond donors (Lipinski definition) is 1. The molecule has 1 amide bonds. The van der Waals surface area contributed by atoms with E-state index in [4.69, 9.17) is 0 Å². The van der Waals surface area contributed by atoms with E-state index in [1.165, 1.54) is 7.05 Å². The standard InChI is InChI=1S/C17H22F2N4O/c1-20-16(24)13-2-3-14(15(18)21-13)22-6-4-11(5-7-22)23-10-17(19)8-12(23)9-17/h2-3,11-12H,4-10H2,1H3,(H,20,24). The third kappa shape index (κ3) is 2.55. The van der Waals surface area contributed by atoms with E-state index < -0.39 is 17.5 Å². The van der Waals surface area contributed by atoms with E-state index in [1.807, 2.05) is 4.90 Å². The number of nitrogens with one attached hydrogen (secondary N) is 1. The van der Waals surface area contributed by atoms with Gasteiger partial charge in [0.1, 0.15) is 11.4 Å². The Morgan fingerprint density at radius 2 is 2.00 bits per heavy atom. The van der Waals surface area contributed by atoms with Crippen LogP contribution in [0.15, 0.2) is 12.1 Å². The Balaban J connectivity index is 1.40. The van der Waals surface area contributed by atoms with Crippen LogP contribution in [-0.4, -0.2) is 60.2 Å². The largest absolute Gasteiger partial charge is 0.368 e. The Bertz CT molecular complexity index is 654. The number of piperidine rings is 1. The SMILES string of the molecule is CNC(=O)c1ccc(N2CCC(N3CC4(F)CC3C4)CC2)c(F)n1. The number of aromatic nitrogens is 1. The monoisotopic (exact) mass is 336 g/mol. The zero-order chi connectivity index (χ0) is 16.9. The summed E-state index contributed by atoms with van der Waals surface area (Å²) >= 11 is 0. The van der Waals surface area contributed by atoms with Gasteiger partial charge in [-0.1, -0.05) is 0 Å². The first-order chi connectivity index (χ1) is 11.5. The third-order valence-corrected chi connectivity index (χ3v) is 5.70. The Labute approximate surface area is 140 Å². The molecule has 1 aromatic rings. The maximum Gasteiger partial charge on any atom is 0.269 e. The second-order valence-corrected chi connectivity index (χ2v) is 7.19. The number of pyridine rings is 1. The van der Waals surface area contributed by atoms with Crippen LogP contribution in [0.3, 0.4) is 0 Å². The highest BCUT2D eigenvalue weighted by atomic mass is 19.1. The molecule has 4 fully saturated rings. The van der Waals surface area contributed by atoms with Crippen LogP contribution in [0.25, 0.3) is 0 Å². The van der Waals surface area contributed by atoms with E-state index in [0.717, 1.165) is 25.9 Å². The molecule has 0 unspecified atom stereocenters. The number of fused-ring (bicyclic) bond motifs is 1.